The van der Waals surface area contributed by atoms with Crippen molar-refractivity contribution in [2.75, 3.05) is 11.9 Å². The van der Waals surface area contributed by atoms with Crippen LogP contribution in [0.4, 0.5) is 10.1 Å². The smallest absolute Gasteiger partial charge is 0.253 e. The zero-order valence-electron chi connectivity index (χ0n) is 20.5. The molecule has 2 aliphatic heterocycles. The molecule has 0 unspecified atom stereocenters. The summed E-state index contributed by atoms with van der Waals surface area (Å²) in [6, 6.07) is 19.8. The fraction of sp³-hybridized carbons (Fsp3) is 0.207. The molecule has 1 aromatic heterocycles. The number of nitrogens with zero attached hydrogens (tertiary/aromatic N) is 3. The third-order valence-electron chi connectivity index (χ3n) is 6.91. The van der Waals surface area contributed by atoms with Gasteiger partial charge in [0.25, 0.3) is 5.91 Å². The number of halogens is 2. The number of hydrogen-bond acceptors (Lipinski definition) is 4. The molecule has 3 heterocycles. The van der Waals surface area contributed by atoms with Crippen LogP contribution in [-0.4, -0.2) is 39.1 Å². The van der Waals surface area contributed by atoms with Gasteiger partial charge in [-0.15, -0.1) is 0 Å². The molecular weight excluding hydrogens is 551 g/mol. The van der Waals surface area contributed by atoms with Crippen LogP contribution in [0.5, 0.6) is 0 Å². The molecule has 0 spiro atoms. The molecule has 38 heavy (non-hydrogen) atoms. The van der Waals surface area contributed by atoms with Crippen molar-refractivity contribution in [2.45, 2.75) is 32.1 Å². The zero-order valence-corrected chi connectivity index (χ0v) is 22.1. The highest BCUT2D eigenvalue weighted by molar-refractivity contribution is 9.10. The number of anilines is 1. The van der Waals surface area contributed by atoms with Crippen LogP contribution in [-0.2, 0) is 27.2 Å². The molecule has 9 heteroatoms. The quantitative estimate of drug-likeness (QED) is 0.333. The lowest BCUT2D eigenvalue weighted by Gasteiger charge is -2.23. The molecule has 7 nitrogen and oxygen atoms in total. The summed E-state index contributed by atoms with van der Waals surface area (Å²) in [6.07, 6.45) is 1.52. The summed E-state index contributed by atoms with van der Waals surface area (Å²) in [6.45, 7) is 2.15. The molecule has 4 aromatic rings. The van der Waals surface area contributed by atoms with Crippen LogP contribution in [0.3, 0.4) is 0 Å². The van der Waals surface area contributed by atoms with Gasteiger partial charge in [0.05, 0.1) is 12.1 Å². The van der Waals surface area contributed by atoms with Crippen LogP contribution in [0.1, 0.15) is 30.0 Å². The predicted octanol–water partition coefficient (Wildman–Crippen LogP) is 5.42. The minimum atomic E-state index is -0.705. The first-order valence-corrected chi connectivity index (χ1v) is 13.1. The average molecular weight is 575 g/mol. The molecular formula is C29H24BrFN4O3. The molecule has 1 fully saturated rings. The van der Waals surface area contributed by atoms with E-state index in [1.807, 2.05) is 48.7 Å². The maximum absolute atomic E-state index is 13.7. The van der Waals surface area contributed by atoms with Crippen LogP contribution >= 0.6 is 15.9 Å². The standard InChI is InChI=1S/C29H24BrFN4O3/c1-17-28(37)34(13-12-18-2-3-20-15-26(36)32-25(20)14-18)29(38-17)27-24(19-4-8-22(31)9-5-19)16-35(33-27)23-10-6-21(30)7-11-23/h2-11,14,16-17,29H,12-13,15H2,1H3,(H,32,36)/t17-,29-/m0/s1. The Morgan fingerprint density at radius 1 is 1.08 bits per heavy atom. The Kier molecular flexibility index (Phi) is 6.33. The number of carbonyl (C=O) groups is 2. The van der Waals surface area contributed by atoms with E-state index in [9.17, 15) is 14.0 Å². The van der Waals surface area contributed by atoms with E-state index in [-0.39, 0.29) is 17.6 Å². The SMILES string of the molecule is C[C@@H]1O[C@@H](c2nn(-c3ccc(Br)cc3)cc2-c2ccc(F)cc2)N(CCc2ccc3c(c2)NC(=O)C3)C1=O. The Bertz CT molecular complexity index is 1530. The number of hydrogen-bond donors (Lipinski definition) is 1. The summed E-state index contributed by atoms with van der Waals surface area (Å²) in [5.41, 5.74) is 5.77. The Morgan fingerprint density at radius 3 is 2.61 bits per heavy atom. The van der Waals surface area contributed by atoms with E-state index >= 15 is 0 Å². The van der Waals surface area contributed by atoms with E-state index < -0.39 is 12.3 Å². The largest absolute Gasteiger partial charge is 0.339 e. The van der Waals surface area contributed by atoms with Crippen molar-refractivity contribution in [1.82, 2.24) is 14.7 Å². The van der Waals surface area contributed by atoms with Crippen molar-refractivity contribution in [2.24, 2.45) is 0 Å². The second-order valence-corrected chi connectivity index (χ2v) is 10.4. The molecule has 0 saturated carbocycles. The lowest BCUT2D eigenvalue weighted by molar-refractivity contribution is -0.130. The van der Waals surface area contributed by atoms with Crippen LogP contribution in [0.2, 0.25) is 0 Å². The number of carbonyl (C=O) groups excluding carboxylic acids is 2. The number of fused-ring (bicyclic) bond motifs is 1. The van der Waals surface area contributed by atoms with Crippen LogP contribution < -0.4 is 5.32 Å². The maximum Gasteiger partial charge on any atom is 0.253 e. The number of amides is 2. The number of rotatable bonds is 6. The normalized spacial score (nSPS) is 18.7. The number of aromatic nitrogens is 2. The average Bonchev–Trinajstić information content (AvgIpc) is 3.58. The van der Waals surface area contributed by atoms with Gasteiger partial charge in [-0.05, 0) is 72.5 Å². The summed E-state index contributed by atoms with van der Waals surface area (Å²) in [7, 11) is 0. The third-order valence-corrected chi connectivity index (χ3v) is 7.44. The first kappa shape index (κ1) is 24.5. The van der Waals surface area contributed by atoms with E-state index in [2.05, 4.69) is 21.2 Å². The lowest BCUT2D eigenvalue weighted by atomic mass is 10.0. The predicted molar refractivity (Wildman–Crippen MR) is 144 cm³/mol. The van der Waals surface area contributed by atoms with E-state index in [4.69, 9.17) is 9.84 Å². The van der Waals surface area contributed by atoms with Crippen molar-refractivity contribution in [3.8, 4) is 16.8 Å². The summed E-state index contributed by atoms with van der Waals surface area (Å²) < 4.78 is 22.6. The Hall–Kier alpha value is -3.82. The zero-order chi connectivity index (χ0) is 26.4. The Morgan fingerprint density at radius 2 is 1.84 bits per heavy atom. The fourth-order valence-electron chi connectivity index (χ4n) is 4.93. The molecule has 0 radical (unpaired) electrons. The van der Waals surface area contributed by atoms with Crippen molar-refractivity contribution in [3.63, 3.8) is 0 Å². The number of nitrogens with one attached hydrogen (secondary N) is 1. The highest BCUT2D eigenvalue weighted by atomic mass is 79.9. The van der Waals surface area contributed by atoms with E-state index in [1.165, 1.54) is 12.1 Å². The second-order valence-electron chi connectivity index (χ2n) is 9.48. The number of ether oxygens (including phenoxy) is 1. The van der Waals surface area contributed by atoms with E-state index in [1.54, 1.807) is 28.6 Å². The first-order valence-electron chi connectivity index (χ1n) is 12.3. The van der Waals surface area contributed by atoms with Gasteiger partial charge in [0.15, 0.2) is 6.23 Å². The van der Waals surface area contributed by atoms with Gasteiger partial charge in [-0.1, -0.05) is 40.2 Å². The molecule has 1 N–H and O–H groups in total. The van der Waals surface area contributed by atoms with Gasteiger partial charge >= 0.3 is 0 Å². The summed E-state index contributed by atoms with van der Waals surface area (Å²) >= 11 is 3.46. The van der Waals surface area contributed by atoms with Gasteiger partial charge in [0, 0.05) is 28.5 Å². The van der Waals surface area contributed by atoms with Gasteiger partial charge in [0.1, 0.15) is 17.6 Å². The number of benzene rings is 3. The van der Waals surface area contributed by atoms with Crippen LogP contribution in [0.15, 0.2) is 77.4 Å². The minimum Gasteiger partial charge on any atom is -0.339 e. The van der Waals surface area contributed by atoms with Gasteiger partial charge < -0.3 is 15.0 Å². The van der Waals surface area contributed by atoms with Gasteiger partial charge in [-0.25, -0.2) is 9.07 Å². The molecule has 3 aromatic carbocycles. The minimum absolute atomic E-state index is 0.0103. The molecule has 0 bridgehead atoms. The highest BCUT2D eigenvalue weighted by Gasteiger charge is 2.41. The Balaban J connectivity index is 1.34. The van der Waals surface area contributed by atoms with Gasteiger partial charge in [-0.2, -0.15) is 5.10 Å². The molecule has 192 valence electrons. The van der Waals surface area contributed by atoms with E-state index in [0.717, 1.165) is 38.1 Å². The van der Waals surface area contributed by atoms with Crippen molar-refractivity contribution in [1.29, 1.82) is 0 Å². The molecule has 1 saturated heterocycles. The summed E-state index contributed by atoms with van der Waals surface area (Å²) in [5, 5.41) is 7.74. The Labute approximate surface area is 227 Å². The summed E-state index contributed by atoms with van der Waals surface area (Å²) in [4.78, 5) is 26.6. The fourth-order valence-corrected chi connectivity index (χ4v) is 5.19. The first-order chi connectivity index (χ1) is 18.4. The molecule has 2 amide bonds. The lowest BCUT2D eigenvalue weighted by Crippen LogP contribution is -2.32. The van der Waals surface area contributed by atoms with Crippen LogP contribution in [0.25, 0.3) is 16.8 Å². The highest BCUT2D eigenvalue weighted by Crippen LogP contribution is 2.37. The van der Waals surface area contributed by atoms with Gasteiger partial charge in [-0.3, -0.25) is 9.59 Å². The van der Waals surface area contributed by atoms with E-state index in [0.29, 0.717) is 25.1 Å². The summed E-state index contributed by atoms with van der Waals surface area (Å²) in [5.74, 6) is -0.458. The molecule has 2 aliphatic rings. The van der Waals surface area contributed by atoms with Crippen molar-refractivity contribution < 1.29 is 18.7 Å². The molecule has 6 rings (SSSR count). The maximum atomic E-state index is 13.7. The van der Waals surface area contributed by atoms with Crippen LogP contribution in [0, 0.1) is 5.82 Å². The second kappa shape index (κ2) is 9.81. The topological polar surface area (TPSA) is 76.5 Å². The molecule has 0 aliphatic carbocycles. The van der Waals surface area contributed by atoms with Gasteiger partial charge in [0.2, 0.25) is 5.91 Å². The monoisotopic (exact) mass is 574 g/mol. The van der Waals surface area contributed by atoms with Crippen molar-refractivity contribution >= 4 is 33.4 Å². The van der Waals surface area contributed by atoms with Crippen molar-refractivity contribution in [3.05, 3.63) is 100 Å². The molecule has 2 atom stereocenters. The third kappa shape index (κ3) is 4.63.